The van der Waals surface area contributed by atoms with Gasteiger partial charge >= 0.3 is 0 Å². The van der Waals surface area contributed by atoms with Gasteiger partial charge in [0.1, 0.15) is 5.82 Å². The number of nitrogens with one attached hydrogen (secondary N) is 1. The second-order valence-corrected chi connectivity index (χ2v) is 4.54. The molecule has 2 nitrogen and oxygen atoms in total. The fourth-order valence-corrected chi connectivity index (χ4v) is 2.35. The lowest BCUT2D eigenvalue weighted by Crippen LogP contribution is -1.87. The molecule has 1 heterocycles. The highest BCUT2D eigenvalue weighted by Gasteiger charge is 2.10. The van der Waals surface area contributed by atoms with Crippen LogP contribution < -0.4 is 5.32 Å². The van der Waals surface area contributed by atoms with Crippen LogP contribution in [0.1, 0.15) is 0 Å². The van der Waals surface area contributed by atoms with Gasteiger partial charge in [-0.1, -0.05) is 12.1 Å². The predicted octanol–water partition coefficient (Wildman–Crippen LogP) is 3.75. The molecule has 0 fully saturated rings. The minimum absolute atomic E-state index is 0.272. The molecule has 78 valence electrons. The molecule has 1 aromatic carbocycles. The maximum atomic E-state index is 13.3. The second-order valence-electron chi connectivity index (χ2n) is 2.89. The Bertz CT molecular complexity index is 484. The van der Waals surface area contributed by atoms with Crippen molar-refractivity contribution in [3.8, 4) is 11.3 Å². The first kappa shape index (κ1) is 10.6. The summed E-state index contributed by atoms with van der Waals surface area (Å²) in [4.78, 5) is 4.31. The normalized spacial score (nSPS) is 10.3. The topological polar surface area (TPSA) is 24.9 Å². The Morgan fingerprint density at radius 3 is 2.93 bits per heavy atom. The molecule has 2 aromatic rings. The van der Waals surface area contributed by atoms with E-state index in [0.717, 1.165) is 16.4 Å². The van der Waals surface area contributed by atoms with Gasteiger partial charge in [0.05, 0.1) is 10.2 Å². The number of thiazole rings is 1. The van der Waals surface area contributed by atoms with Crippen LogP contribution in [0.2, 0.25) is 0 Å². The number of hydrogen-bond acceptors (Lipinski definition) is 3. The number of halogens is 2. The van der Waals surface area contributed by atoms with Crippen LogP contribution in [0.25, 0.3) is 11.3 Å². The third-order valence-corrected chi connectivity index (χ3v) is 3.61. The SMILES string of the molecule is CNc1nc(-c2cccc(F)c2Br)cs1. The Labute approximate surface area is 99.3 Å². The number of nitrogens with zero attached hydrogens (tertiary/aromatic N) is 1. The molecule has 15 heavy (non-hydrogen) atoms. The van der Waals surface area contributed by atoms with Crippen LogP contribution in [-0.2, 0) is 0 Å². The van der Waals surface area contributed by atoms with E-state index in [1.165, 1.54) is 17.4 Å². The maximum Gasteiger partial charge on any atom is 0.182 e. The van der Waals surface area contributed by atoms with E-state index >= 15 is 0 Å². The van der Waals surface area contributed by atoms with Crippen LogP contribution in [0.4, 0.5) is 9.52 Å². The van der Waals surface area contributed by atoms with Gasteiger partial charge in [-0.3, -0.25) is 0 Å². The molecular weight excluding hydrogens is 279 g/mol. The van der Waals surface area contributed by atoms with Crippen LogP contribution in [0.3, 0.4) is 0 Å². The van der Waals surface area contributed by atoms with E-state index in [0.29, 0.717) is 4.47 Å². The van der Waals surface area contributed by atoms with Gasteiger partial charge in [-0.15, -0.1) is 11.3 Å². The van der Waals surface area contributed by atoms with Gasteiger partial charge in [0.25, 0.3) is 0 Å². The molecule has 0 bridgehead atoms. The molecule has 0 unspecified atom stereocenters. The van der Waals surface area contributed by atoms with Crippen LogP contribution in [-0.4, -0.2) is 12.0 Å². The first-order valence-corrected chi connectivity index (χ1v) is 5.97. The van der Waals surface area contributed by atoms with Crippen LogP contribution in [0.5, 0.6) is 0 Å². The summed E-state index contributed by atoms with van der Waals surface area (Å²) in [6, 6.07) is 4.93. The summed E-state index contributed by atoms with van der Waals surface area (Å²) in [5.41, 5.74) is 1.54. The van der Waals surface area contributed by atoms with E-state index in [-0.39, 0.29) is 5.82 Å². The van der Waals surface area contributed by atoms with Crippen molar-refractivity contribution in [2.75, 3.05) is 12.4 Å². The molecule has 0 aliphatic carbocycles. The molecule has 0 amide bonds. The molecular formula is C10H8BrFN2S. The standard InChI is InChI=1S/C10H8BrFN2S/c1-13-10-14-8(5-15-10)6-3-2-4-7(12)9(6)11/h2-5H,1H3,(H,13,14). The molecule has 0 radical (unpaired) electrons. The molecule has 0 saturated heterocycles. The lowest BCUT2D eigenvalue weighted by molar-refractivity contribution is 0.621. The minimum atomic E-state index is -0.272. The number of anilines is 1. The van der Waals surface area contributed by atoms with Gasteiger partial charge in [0, 0.05) is 18.0 Å². The summed E-state index contributed by atoms with van der Waals surface area (Å²) in [7, 11) is 1.81. The van der Waals surface area contributed by atoms with Crippen molar-refractivity contribution >= 4 is 32.4 Å². The average molecular weight is 287 g/mol. The summed E-state index contributed by atoms with van der Waals surface area (Å²) in [6.07, 6.45) is 0. The van der Waals surface area contributed by atoms with Gasteiger partial charge in [-0.2, -0.15) is 0 Å². The first-order valence-electron chi connectivity index (χ1n) is 4.30. The van der Waals surface area contributed by atoms with E-state index in [1.807, 2.05) is 18.5 Å². The zero-order chi connectivity index (χ0) is 10.8. The van der Waals surface area contributed by atoms with Gasteiger partial charge in [0.2, 0.25) is 0 Å². The summed E-state index contributed by atoms with van der Waals surface area (Å²) >= 11 is 4.71. The van der Waals surface area contributed by atoms with Crippen molar-refractivity contribution < 1.29 is 4.39 Å². The van der Waals surface area contributed by atoms with Crippen molar-refractivity contribution in [1.29, 1.82) is 0 Å². The lowest BCUT2D eigenvalue weighted by Gasteiger charge is -2.01. The van der Waals surface area contributed by atoms with E-state index in [4.69, 9.17) is 0 Å². The Morgan fingerprint density at radius 1 is 1.47 bits per heavy atom. The largest absolute Gasteiger partial charge is 0.365 e. The third-order valence-electron chi connectivity index (χ3n) is 1.95. The Balaban J connectivity index is 2.49. The Kier molecular flexibility index (Phi) is 3.02. The zero-order valence-electron chi connectivity index (χ0n) is 7.92. The fraction of sp³-hybridized carbons (Fsp3) is 0.100. The minimum Gasteiger partial charge on any atom is -0.365 e. The van der Waals surface area contributed by atoms with Crippen LogP contribution >= 0.6 is 27.3 Å². The molecule has 1 N–H and O–H groups in total. The highest BCUT2D eigenvalue weighted by molar-refractivity contribution is 9.10. The fourth-order valence-electron chi connectivity index (χ4n) is 1.21. The Hall–Kier alpha value is -0.940. The van der Waals surface area contributed by atoms with Gasteiger partial charge in [0.15, 0.2) is 5.13 Å². The molecule has 1 aromatic heterocycles. The second kappa shape index (κ2) is 4.28. The number of rotatable bonds is 2. The maximum absolute atomic E-state index is 13.3. The monoisotopic (exact) mass is 286 g/mol. The van der Waals surface area contributed by atoms with Crippen molar-refractivity contribution in [3.05, 3.63) is 33.9 Å². The molecule has 2 rings (SSSR count). The molecule has 0 aliphatic rings. The average Bonchev–Trinajstić information content (AvgIpc) is 2.70. The highest BCUT2D eigenvalue weighted by Crippen LogP contribution is 2.31. The molecule has 0 aliphatic heterocycles. The van der Waals surface area contributed by atoms with E-state index in [1.54, 1.807) is 6.07 Å². The number of benzene rings is 1. The predicted molar refractivity (Wildman–Crippen MR) is 64.8 cm³/mol. The van der Waals surface area contributed by atoms with Gasteiger partial charge in [-0.05, 0) is 22.0 Å². The summed E-state index contributed by atoms with van der Waals surface area (Å²) in [5, 5.41) is 5.66. The van der Waals surface area contributed by atoms with Gasteiger partial charge in [-0.25, -0.2) is 9.37 Å². The number of hydrogen-bond donors (Lipinski definition) is 1. The molecule has 0 saturated carbocycles. The molecule has 5 heteroatoms. The Morgan fingerprint density at radius 2 is 2.27 bits per heavy atom. The van der Waals surface area contributed by atoms with Gasteiger partial charge < -0.3 is 5.32 Å². The third kappa shape index (κ3) is 2.03. The van der Waals surface area contributed by atoms with Crippen LogP contribution in [0.15, 0.2) is 28.1 Å². The van der Waals surface area contributed by atoms with Crippen molar-refractivity contribution in [1.82, 2.24) is 4.98 Å². The van der Waals surface area contributed by atoms with E-state index in [2.05, 4.69) is 26.2 Å². The van der Waals surface area contributed by atoms with Crippen molar-refractivity contribution in [2.24, 2.45) is 0 Å². The summed E-state index contributed by atoms with van der Waals surface area (Å²) < 4.78 is 13.7. The first-order chi connectivity index (χ1) is 7.22. The number of aromatic nitrogens is 1. The molecule has 0 atom stereocenters. The lowest BCUT2D eigenvalue weighted by atomic mass is 10.2. The van der Waals surface area contributed by atoms with Crippen LogP contribution in [0, 0.1) is 5.82 Å². The summed E-state index contributed by atoms with van der Waals surface area (Å²) in [6.45, 7) is 0. The highest BCUT2D eigenvalue weighted by atomic mass is 79.9. The zero-order valence-corrected chi connectivity index (χ0v) is 10.3. The molecule has 0 spiro atoms. The summed E-state index contributed by atoms with van der Waals surface area (Å²) in [5.74, 6) is -0.272. The smallest absolute Gasteiger partial charge is 0.182 e. The van der Waals surface area contributed by atoms with Crippen molar-refractivity contribution in [3.63, 3.8) is 0 Å². The van der Waals surface area contributed by atoms with Crippen molar-refractivity contribution in [2.45, 2.75) is 0 Å². The quantitative estimate of drug-likeness (QED) is 0.909. The van der Waals surface area contributed by atoms with E-state index < -0.39 is 0 Å². The van der Waals surface area contributed by atoms with E-state index in [9.17, 15) is 4.39 Å².